The predicted molar refractivity (Wildman–Crippen MR) is 115 cm³/mol. The van der Waals surface area contributed by atoms with E-state index < -0.39 is 49.5 Å². The van der Waals surface area contributed by atoms with Gasteiger partial charge in [-0.25, -0.2) is 31.6 Å². The average molecular weight is 502 g/mol. The van der Waals surface area contributed by atoms with E-state index in [2.05, 4.69) is 25.5 Å². The number of sulfonamides is 1. The van der Waals surface area contributed by atoms with Crippen molar-refractivity contribution < 1.29 is 26.3 Å². The number of methoxy groups -OCH3 is 1. The van der Waals surface area contributed by atoms with Gasteiger partial charge >= 0.3 is 0 Å². The highest BCUT2D eigenvalue weighted by atomic mass is 32.2. The van der Waals surface area contributed by atoms with E-state index in [9.17, 15) is 17.2 Å². The van der Waals surface area contributed by atoms with Gasteiger partial charge in [0.1, 0.15) is 24.3 Å². The maximum atomic E-state index is 15.4. The van der Waals surface area contributed by atoms with Gasteiger partial charge in [0, 0.05) is 17.8 Å². The van der Waals surface area contributed by atoms with Gasteiger partial charge in [-0.05, 0) is 28.6 Å². The fourth-order valence-electron chi connectivity index (χ4n) is 3.42. The molecule has 4 aromatic heterocycles. The number of nitrogens with one attached hydrogen (secondary N) is 1. The quantitative estimate of drug-likeness (QED) is 0.375. The number of fused-ring (bicyclic) bond motifs is 1. The van der Waals surface area contributed by atoms with E-state index in [-0.39, 0.29) is 5.56 Å². The predicted octanol–water partition coefficient (Wildman–Crippen LogP) is 2.60. The zero-order chi connectivity index (χ0) is 24.7. The van der Waals surface area contributed by atoms with E-state index in [1.165, 1.54) is 34.0 Å². The van der Waals surface area contributed by atoms with E-state index in [1.807, 2.05) is 4.72 Å². The van der Waals surface area contributed by atoms with Gasteiger partial charge in [-0.2, -0.15) is 4.68 Å². The summed E-state index contributed by atoms with van der Waals surface area (Å²) in [6.45, 7) is 0. The summed E-state index contributed by atoms with van der Waals surface area (Å²) in [6.07, 6.45) is 4.93. The van der Waals surface area contributed by atoms with Crippen molar-refractivity contribution in [3.05, 3.63) is 72.8 Å². The number of aromatic nitrogens is 7. The number of hydrogen-bond acceptors (Lipinski definition) is 8. The van der Waals surface area contributed by atoms with Crippen LogP contribution in [0.3, 0.4) is 0 Å². The number of nitrogens with zero attached hydrogens (tertiary/aromatic N) is 7. The Balaban J connectivity index is 1.56. The molecule has 0 aliphatic rings. The van der Waals surface area contributed by atoms with Gasteiger partial charge < -0.3 is 9.14 Å². The Bertz CT molecular complexity index is 1670. The summed E-state index contributed by atoms with van der Waals surface area (Å²) in [7, 11) is -3.40. The van der Waals surface area contributed by atoms with Crippen LogP contribution in [0.4, 0.5) is 18.9 Å². The minimum atomic E-state index is -4.55. The highest BCUT2D eigenvalue weighted by Gasteiger charge is 2.25. The van der Waals surface area contributed by atoms with E-state index in [1.54, 1.807) is 6.07 Å². The fraction of sp³-hybridized carbons (Fsp3) is 0.0500. The normalized spacial score (nSPS) is 11.7. The molecular weight excluding hydrogens is 489 g/mol. The summed E-state index contributed by atoms with van der Waals surface area (Å²) < 4.78 is 79.1. The first-order valence-electron chi connectivity index (χ1n) is 9.69. The first-order valence-corrected chi connectivity index (χ1v) is 11.2. The summed E-state index contributed by atoms with van der Waals surface area (Å²) in [5.41, 5.74) is -0.412. The number of tetrazole rings is 1. The highest BCUT2D eigenvalue weighted by Crippen LogP contribution is 2.33. The molecule has 0 atom stereocenters. The van der Waals surface area contributed by atoms with Gasteiger partial charge in [-0.1, -0.05) is 6.07 Å². The minimum absolute atomic E-state index is 0.0965. The van der Waals surface area contributed by atoms with Crippen LogP contribution < -0.4 is 9.46 Å². The zero-order valence-corrected chi connectivity index (χ0v) is 18.4. The summed E-state index contributed by atoms with van der Waals surface area (Å²) in [5, 5.41) is 10.9. The molecule has 178 valence electrons. The first kappa shape index (κ1) is 22.3. The third-order valence-corrected chi connectivity index (χ3v) is 6.33. The largest absolute Gasteiger partial charge is 0.480 e. The van der Waals surface area contributed by atoms with E-state index in [0.29, 0.717) is 17.4 Å². The van der Waals surface area contributed by atoms with Crippen molar-refractivity contribution in [3.8, 4) is 22.8 Å². The molecule has 0 saturated carbocycles. The number of rotatable bonds is 6. The number of ether oxygens (including phenoxy) is 1. The second kappa shape index (κ2) is 8.35. The van der Waals surface area contributed by atoms with Crippen molar-refractivity contribution >= 4 is 21.2 Å². The van der Waals surface area contributed by atoms with Crippen molar-refractivity contribution in [2.75, 3.05) is 11.8 Å². The van der Waals surface area contributed by atoms with Crippen LogP contribution in [-0.4, -0.2) is 50.1 Å². The molecule has 1 aromatic carbocycles. The molecule has 0 amide bonds. The number of anilines is 1. The van der Waals surface area contributed by atoms with Gasteiger partial charge in [0.2, 0.25) is 5.88 Å². The van der Waals surface area contributed by atoms with E-state index in [0.717, 1.165) is 25.4 Å². The molecule has 1 N–H and O–H groups in total. The van der Waals surface area contributed by atoms with Gasteiger partial charge in [0.05, 0.1) is 30.1 Å². The van der Waals surface area contributed by atoms with Crippen LogP contribution in [0.25, 0.3) is 22.5 Å². The van der Waals surface area contributed by atoms with Crippen molar-refractivity contribution in [1.82, 2.24) is 34.6 Å². The third-order valence-electron chi connectivity index (χ3n) is 4.97. The van der Waals surface area contributed by atoms with Gasteiger partial charge in [0.25, 0.3) is 10.0 Å². The molecule has 35 heavy (non-hydrogen) atoms. The highest BCUT2D eigenvalue weighted by molar-refractivity contribution is 7.92. The molecule has 0 saturated heterocycles. The summed E-state index contributed by atoms with van der Waals surface area (Å²) >= 11 is 0. The Hall–Kier alpha value is -4.53. The standard InChI is InChI=1S/C20H13F3N8O3S/c1-34-20-16(6-12(21)7-24-20)35(32,33)27-14-4-3-13(22)17(18(14)23)11-2-5-15-19(25-9-30(15)8-11)31-10-26-28-29-31/h2-10,27H,1H3. The Kier molecular flexibility index (Phi) is 5.32. The average Bonchev–Trinajstić information content (AvgIpc) is 3.50. The lowest BCUT2D eigenvalue weighted by Gasteiger charge is -2.14. The molecule has 0 radical (unpaired) electrons. The van der Waals surface area contributed by atoms with Gasteiger partial charge in [-0.15, -0.1) is 5.10 Å². The molecule has 5 aromatic rings. The van der Waals surface area contributed by atoms with Crippen molar-refractivity contribution in [2.24, 2.45) is 0 Å². The van der Waals surface area contributed by atoms with Crippen LogP contribution >= 0.6 is 0 Å². The molecule has 0 aliphatic heterocycles. The Morgan fingerprint density at radius 1 is 1.06 bits per heavy atom. The summed E-state index contributed by atoms with van der Waals surface area (Å²) in [6, 6.07) is 5.48. The molecule has 11 nitrogen and oxygen atoms in total. The maximum Gasteiger partial charge on any atom is 0.267 e. The smallest absolute Gasteiger partial charge is 0.267 e. The van der Waals surface area contributed by atoms with E-state index >= 15 is 4.39 Å². The van der Waals surface area contributed by atoms with E-state index in [4.69, 9.17) is 4.74 Å². The van der Waals surface area contributed by atoms with Crippen molar-refractivity contribution in [1.29, 1.82) is 0 Å². The molecule has 4 heterocycles. The molecular formula is C20H13F3N8O3S. The Morgan fingerprint density at radius 2 is 1.89 bits per heavy atom. The molecule has 15 heteroatoms. The Labute approximate surface area is 194 Å². The zero-order valence-electron chi connectivity index (χ0n) is 17.6. The summed E-state index contributed by atoms with van der Waals surface area (Å²) in [5.74, 6) is -3.07. The third kappa shape index (κ3) is 3.90. The second-order valence-corrected chi connectivity index (χ2v) is 8.73. The molecule has 0 bridgehead atoms. The minimum Gasteiger partial charge on any atom is -0.480 e. The maximum absolute atomic E-state index is 15.4. The Morgan fingerprint density at radius 3 is 2.63 bits per heavy atom. The number of halogens is 3. The van der Waals surface area contributed by atoms with Gasteiger partial charge in [0.15, 0.2) is 16.5 Å². The lowest BCUT2D eigenvalue weighted by molar-refractivity contribution is 0.382. The molecule has 0 aliphatic carbocycles. The van der Waals surface area contributed by atoms with Crippen LogP contribution in [0.5, 0.6) is 5.88 Å². The number of pyridine rings is 2. The topological polar surface area (TPSA) is 129 Å². The second-order valence-electron chi connectivity index (χ2n) is 7.08. The SMILES string of the molecule is COc1ncc(F)cc1S(=O)(=O)Nc1ccc(F)c(-c2ccc3c(-n4cnnn4)ncn3c2)c1F. The lowest BCUT2D eigenvalue weighted by atomic mass is 10.1. The first-order chi connectivity index (χ1) is 16.8. The lowest BCUT2D eigenvalue weighted by Crippen LogP contribution is -2.16. The molecule has 0 unspecified atom stereocenters. The van der Waals surface area contributed by atoms with Crippen LogP contribution in [0.15, 0.2) is 60.3 Å². The summed E-state index contributed by atoms with van der Waals surface area (Å²) in [4.78, 5) is 7.11. The van der Waals surface area contributed by atoms with Crippen LogP contribution in [0.2, 0.25) is 0 Å². The number of benzene rings is 1. The van der Waals surface area contributed by atoms with Gasteiger partial charge in [-0.3, -0.25) is 4.72 Å². The van der Waals surface area contributed by atoms with Crippen LogP contribution in [-0.2, 0) is 10.0 Å². The molecule has 0 spiro atoms. The number of hydrogen-bond donors (Lipinski definition) is 1. The van der Waals surface area contributed by atoms with Crippen LogP contribution in [0.1, 0.15) is 0 Å². The van der Waals surface area contributed by atoms with Crippen molar-refractivity contribution in [3.63, 3.8) is 0 Å². The van der Waals surface area contributed by atoms with Crippen molar-refractivity contribution in [2.45, 2.75) is 4.90 Å². The monoisotopic (exact) mass is 502 g/mol. The molecule has 0 fully saturated rings. The number of imidazole rings is 1. The molecule has 5 rings (SSSR count). The fourth-order valence-corrected chi connectivity index (χ4v) is 4.61. The van der Waals surface area contributed by atoms with Crippen LogP contribution in [0, 0.1) is 17.5 Å².